The van der Waals surface area contributed by atoms with Crippen LogP contribution in [0.4, 0.5) is 0 Å². The molecular formula is C26H35N3O8. The summed E-state index contributed by atoms with van der Waals surface area (Å²) in [6, 6.07) is 7.55. The molecule has 1 heterocycles. The predicted octanol–water partition coefficient (Wildman–Crippen LogP) is 2.28. The van der Waals surface area contributed by atoms with Crippen LogP contribution in [0.25, 0.3) is 11.0 Å². The van der Waals surface area contributed by atoms with Gasteiger partial charge in [0.1, 0.15) is 5.82 Å². The van der Waals surface area contributed by atoms with Crippen molar-refractivity contribution in [1.82, 2.24) is 15.3 Å². The summed E-state index contributed by atoms with van der Waals surface area (Å²) in [5.74, 6) is -4.74. The first-order chi connectivity index (χ1) is 17.4. The molecule has 0 saturated heterocycles. The van der Waals surface area contributed by atoms with Gasteiger partial charge in [-0.25, -0.2) is 9.78 Å². The molecule has 1 amide bonds. The molecule has 0 aliphatic heterocycles. The topological polar surface area (TPSA) is 179 Å². The summed E-state index contributed by atoms with van der Waals surface area (Å²) in [7, 11) is 0. The highest BCUT2D eigenvalue weighted by atomic mass is 16.6. The summed E-state index contributed by atoms with van der Waals surface area (Å²) in [5.41, 5.74) is -2.75. The van der Waals surface area contributed by atoms with Gasteiger partial charge >= 0.3 is 17.9 Å². The minimum absolute atomic E-state index is 0.0428. The third kappa shape index (κ3) is 6.46. The summed E-state index contributed by atoms with van der Waals surface area (Å²) in [6.45, 7) is 6.00. The quantitative estimate of drug-likeness (QED) is 0.280. The van der Waals surface area contributed by atoms with Crippen LogP contribution >= 0.6 is 0 Å². The van der Waals surface area contributed by atoms with E-state index in [9.17, 15) is 29.4 Å². The number of aromatic nitrogens is 2. The number of nitrogens with one attached hydrogen (secondary N) is 2. The normalized spacial score (nSPS) is 23.4. The van der Waals surface area contributed by atoms with Gasteiger partial charge in [0.15, 0.2) is 11.2 Å². The molecule has 11 heteroatoms. The number of esters is 1. The van der Waals surface area contributed by atoms with Gasteiger partial charge in [-0.2, -0.15) is 0 Å². The first kappa shape index (κ1) is 28.1. The van der Waals surface area contributed by atoms with E-state index in [0.717, 1.165) is 17.5 Å². The van der Waals surface area contributed by atoms with Gasteiger partial charge in [-0.15, -0.1) is 0 Å². The SMILES string of the molecule is CC(C)[C@@H]1CC[C@@H](C)C[C@@]1(OC(=O)CC(O)(CC(=O)O)C(=O)O)C(=O)NCCc1nc2ccccc2[nH]1. The van der Waals surface area contributed by atoms with Crippen LogP contribution in [-0.2, 0) is 30.3 Å². The van der Waals surface area contributed by atoms with Gasteiger partial charge in [0.2, 0.25) is 0 Å². The summed E-state index contributed by atoms with van der Waals surface area (Å²) < 4.78 is 5.77. The van der Waals surface area contributed by atoms with Crippen molar-refractivity contribution in [3.63, 3.8) is 0 Å². The van der Waals surface area contributed by atoms with Gasteiger partial charge in [-0.1, -0.05) is 39.3 Å². The van der Waals surface area contributed by atoms with Crippen molar-refractivity contribution >= 4 is 34.8 Å². The summed E-state index contributed by atoms with van der Waals surface area (Å²) in [5, 5.41) is 31.6. The number of aliphatic hydroxyl groups is 1. The first-order valence-corrected chi connectivity index (χ1v) is 12.5. The highest BCUT2D eigenvalue weighted by molar-refractivity contribution is 5.91. The number of aliphatic carboxylic acids is 2. The van der Waals surface area contributed by atoms with Gasteiger partial charge < -0.3 is 30.4 Å². The Kier molecular flexibility index (Phi) is 8.57. The van der Waals surface area contributed by atoms with E-state index in [1.165, 1.54) is 0 Å². The fraction of sp³-hybridized carbons (Fsp3) is 0.577. The molecule has 2 aromatic rings. The maximum Gasteiger partial charge on any atom is 0.336 e. The molecule has 4 atom stereocenters. The molecule has 202 valence electrons. The molecule has 11 nitrogen and oxygen atoms in total. The van der Waals surface area contributed by atoms with E-state index in [2.05, 4.69) is 15.3 Å². The number of nitrogens with zero attached hydrogens (tertiary/aromatic N) is 1. The minimum Gasteiger partial charge on any atom is -0.481 e. The summed E-state index contributed by atoms with van der Waals surface area (Å²) >= 11 is 0. The maximum atomic E-state index is 13.7. The third-order valence-electron chi connectivity index (χ3n) is 7.07. The number of para-hydroxylation sites is 2. The Balaban J connectivity index is 1.80. The number of carboxylic acids is 2. The molecular weight excluding hydrogens is 482 g/mol. The van der Waals surface area contributed by atoms with Crippen molar-refractivity contribution in [2.45, 2.75) is 70.5 Å². The predicted molar refractivity (Wildman–Crippen MR) is 132 cm³/mol. The highest BCUT2D eigenvalue weighted by Gasteiger charge is 2.54. The van der Waals surface area contributed by atoms with E-state index >= 15 is 0 Å². The lowest BCUT2D eigenvalue weighted by Gasteiger charge is -2.46. The number of amides is 1. The van der Waals surface area contributed by atoms with Crippen LogP contribution in [0.5, 0.6) is 0 Å². The van der Waals surface area contributed by atoms with Gasteiger partial charge in [-0.3, -0.25) is 14.4 Å². The van der Waals surface area contributed by atoms with Crippen molar-refractivity contribution in [1.29, 1.82) is 0 Å². The molecule has 1 aromatic carbocycles. The molecule has 1 aromatic heterocycles. The lowest BCUT2D eigenvalue weighted by molar-refractivity contribution is -0.192. The zero-order valence-corrected chi connectivity index (χ0v) is 21.3. The molecule has 1 fully saturated rings. The van der Waals surface area contributed by atoms with E-state index in [1.807, 2.05) is 45.0 Å². The average Bonchev–Trinajstić information content (AvgIpc) is 3.20. The Hall–Kier alpha value is -3.47. The maximum absolute atomic E-state index is 13.7. The third-order valence-corrected chi connectivity index (χ3v) is 7.07. The molecule has 0 radical (unpaired) electrons. The molecule has 1 unspecified atom stereocenters. The van der Waals surface area contributed by atoms with Crippen LogP contribution in [0.1, 0.15) is 58.7 Å². The average molecular weight is 518 g/mol. The molecule has 1 aliphatic carbocycles. The first-order valence-electron chi connectivity index (χ1n) is 12.5. The van der Waals surface area contributed by atoms with Crippen LogP contribution < -0.4 is 5.32 Å². The largest absolute Gasteiger partial charge is 0.481 e. The smallest absolute Gasteiger partial charge is 0.336 e. The van der Waals surface area contributed by atoms with Crippen LogP contribution in [0.3, 0.4) is 0 Å². The van der Waals surface area contributed by atoms with E-state index in [-0.39, 0.29) is 30.7 Å². The number of carboxylic acid groups (broad SMARTS) is 2. The second-order valence-corrected chi connectivity index (χ2v) is 10.4. The number of H-pyrrole nitrogens is 1. The standard InChI is InChI=1S/C26H35N3O8/c1-15(2)17-9-8-16(3)12-26(17,37-22(32)14-25(36,24(34)35)13-21(30)31)23(33)27-11-10-20-28-18-6-4-5-7-19(18)29-20/h4-7,15-17,36H,8-14H2,1-3H3,(H,27,33)(H,28,29)(H,30,31)(H,34,35)/t16-,17+,25?,26+/m1/s1. The summed E-state index contributed by atoms with van der Waals surface area (Å²) in [4.78, 5) is 57.0. The van der Waals surface area contributed by atoms with Gasteiger partial charge in [0.05, 0.1) is 23.9 Å². The number of carbonyl (C=O) groups excluding carboxylic acids is 2. The van der Waals surface area contributed by atoms with Crippen LogP contribution in [0.2, 0.25) is 0 Å². The van der Waals surface area contributed by atoms with Crippen molar-refractivity contribution < 1.29 is 39.2 Å². The highest BCUT2D eigenvalue weighted by Crippen LogP contribution is 2.44. The zero-order chi connectivity index (χ0) is 27.4. The number of aromatic amines is 1. The molecule has 37 heavy (non-hydrogen) atoms. The Labute approximate surface area is 214 Å². The second kappa shape index (κ2) is 11.3. The lowest BCUT2D eigenvalue weighted by atomic mass is 9.66. The van der Waals surface area contributed by atoms with Crippen molar-refractivity contribution in [2.24, 2.45) is 17.8 Å². The van der Waals surface area contributed by atoms with Crippen molar-refractivity contribution in [3.05, 3.63) is 30.1 Å². The van der Waals surface area contributed by atoms with E-state index < -0.39 is 47.9 Å². The molecule has 5 N–H and O–H groups in total. The van der Waals surface area contributed by atoms with Crippen LogP contribution in [0.15, 0.2) is 24.3 Å². The number of fused-ring (bicyclic) bond motifs is 1. The number of hydrogen-bond donors (Lipinski definition) is 5. The number of rotatable bonds is 11. The minimum atomic E-state index is -2.85. The van der Waals surface area contributed by atoms with E-state index in [4.69, 9.17) is 9.84 Å². The Morgan fingerprint density at radius 1 is 1.19 bits per heavy atom. The number of carbonyl (C=O) groups is 4. The lowest BCUT2D eigenvalue weighted by Crippen LogP contribution is -2.59. The molecule has 0 spiro atoms. The van der Waals surface area contributed by atoms with Crippen molar-refractivity contribution in [3.8, 4) is 0 Å². The number of benzene rings is 1. The van der Waals surface area contributed by atoms with Crippen molar-refractivity contribution in [2.75, 3.05) is 6.54 Å². The zero-order valence-electron chi connectivity index (χ0n) is 21.3. The van der Waals surface area contributed by atoms with E-state index in [0.29, 0.717) is 18.7 Å². The van der Waals surface area contributed by atoms with Gasteiger partial charge in [0.25, 0.3) is 5.91 Å². The van der Waals surface area contributed by atoms with Crippen LogP contribution in [0, 0.1) is 17.8 Å². The molecule has 3 rings (SSSR count). The second-order valence-electron chi connectivity index (χ2n) is 10.4. The van der Waals surface area contributed by atoms with E-state index in [1.54, 1.807) is 0 Å². The Morgan fingerprint density at radius 2 is 1.89 bits per heavy atom. The molecule has 1 saturated carbocycles. The van der Waals surface area contributed by atoms with Gasteiger partial charge in [-0.05, 0) is 36.8 Å². The molecule has 1 aliphatic rings. The number of ether oxygens (including phenoxy) is 1. The Bertz CT molecular complexity index is 1130. The molecule has 0 bridgehead atoms. The number of imidazole rings is 1. The van der Waals surface area contributed by atoms with Gasteiger partial charge in [0, 0.05) is 18.9 Å². The fourth-order valence-corrected chi connectivity index (χ4v) is 5.27. The number of hydrogen-bond acceptors (Lipinski definition) is 7. The summed E-state index contributed by atoms with van der Waals surface area (Å²) in [6.07, 6.45) is -0.208. The monoisotopic (exact) mass is 517 g/mol. The fourth-order valence-electron chi connectivity index (χ4n) is 5.27. The Morgan fingerprint density at radius 3 is 2.51 bits per heavy atom. The van der Waals surface area contributed by atoms with Crippen LogP contribution in [-0.4, -0.2) is 66.8 Å².